The summed E-state index contributed by atoms with van der Waals surface area (Å²) in [6, 6.07) is 0. The molecular formula is C13H21N3OS. The second kappa shape index (κ2) is 5.80. The number of carbonyl (C=O) groups is 1. The molecule has 1 amide bonds. The number of nitrogens with two attached hydrogens (primary N) is 1. The highest BCUT2D eigenvalue weighted by atomic mass is 32.1. The Balaban J connectivity index is 1.99. The lowest BCUT2D eigenvalue weighted by atomic mass is 10.1. The fourth-order valence-corrected chi connectivity index (χ4v) is 3.21. The van der Waals surface area contributed by atoms with Gasteiger partial charge in [-0.05, 0) is 24.8 Å². The van der Waals surface area contributed by atoms with Gasteiger partial charge in [-0.25, -0.2) is 4.98 Å². The number of nitrogens with zero attached hydrogens (tertiary/aromatic N) is 2. The summed E-state index contributed by atoms with van der Waals surface area (Å²) >= 11 is 1.59. The van der Waals surface area contributed by atoms with Crippen molar-refractivity contribution in [2.75, 3.05) is 19.6 Å². The number of carbonyl (C=O) groups excluding carboxylic acids is 1. The predicted octanol–water partition coefficient (Wildman–Crippen LogP) is 1.76. The van der Waals surface area contributed by atoms with Gasteiger partial charge in [0.15, 0.2) is 0 Å². The Morgan fingerprint density at radius 3 is 3.06 bits per heavy atom. The van der Waals surface area contributed by atoms with Crippen molar-refractivity contribution in [3.05, 3.63) is 16.1 Å². The Labute approximate surface area is 112 Å². The third kappa shape index (κ3) is 3.09. The molecule has 1 aliphatic heterocycles. The van der Waals surface area contributed by atoms with Crippen LogP contribution in [0.25, 0.3) is 0 Å². The molecule has 0 radical (unpaired) electrons. The van der Waals surface area contributed by atoms with Gasteiger partial charge in [-0.1, -0.05) is 13.8 Å². The lowest BCUT2D eigenvalue weighted by Gasteiger charge is -2.14. The first-order valence-corrected chi connectivity index (χ1v) is 7.42. The van der Waals surface area contributed by atoms with E-state index in [1.807, 2.05) is 10.3 Å². The molecular weight excluding hydrogens is 246 g/mol. The molecule has 1 aliphatic rings. The van der Waals surface area contributed by atoms with Gasteiger partial charge in [-0.15, -0.1) is 11.3 Å². The molecule has 0 spiro atoms. The number of thiazole rings is 1. The maximum Gasteiger partial charge on any atom is 0.273 e. The molecule has 5 heteroatoms. The third-order valence-electron chi connectivity index (χ3n) is 3.26. The Bertz CT molecular complexity index is 416. The maximum absolute atomic E-state index is 12.2. The van der Waals surface area contributed by atoms with Crippen LogP contribution >= 0.6 is 11.3 Å². The quantitative estimate of drug-likeness (QED) is 0.904. The summed E-state index contributed by atoms with van der Waals surface area (Å²) < 4.78 is 0. The van der Waals surface area contributed by atoms with Crippen LogP contribution in [0.2, 0.25) is 0 Å². The van der Waals surface area contributed by atoms with E-state index in [-0.39, 0.29) is 5.91 Å². The van der Waals surface area contributed by atoms with Crippen molar-refractivity contribution in [2.24, 2.45) is 17.6 Å². The average Bonchev–Trinajstić information content (AvgIpc) is 2.95. The van der Waals surface area contributed by atoms with Crippen molar-refractivity contribution < 1.29 is 4.79 Å². The summed E-state index contributed by atoms with van der Waals surface area (Å²) in [6.07, 6.45) is 1.97. The standard InChI is InChI=1S/C13H21N3OS/c1-9(2)5-12-15-11(8-18-12)13(17)16-4-3-10(6-14)7-16/h8-10H,3-7,14H2,1-2H3. The fourth-order valence-electron chi connectivity index (χ4n) is 2.22. The largest absolute Gasteiger partial charge is 0.337 e. The molecule has 0 saturated carbocycles. The van der Waals surface area contributed by atoms with Crippen molar-refractivity contribution >= 4 is 17.2 Å². The molecule has 100 valence electrons. The van der Waals surface area contributed by atoms with Crippen molar-refractivity contribution in [1.29, 1.82) is 0 Å². The summed E-state index contributed by atoms with van der Waals surface area (Å²) in [5.74, 6) is 1.10. The number of rotatable bonds is 4. The number of amides is 1. The number of likely N-dealkylation sites (tertiary alicyclic amines) is 1. The molecule has 0 aliphatic carbocycles. The van der Waals surface area contributed by atoms with Gasteiger partial charge >= 0.3 is 0 Å². The molecule has 1 unspecified atom stereocenters. The summed E-state index contributed by atoms with van der Waals surface area (Å²) in [7, 11) is 0. The summed E-state index contributed by atoms with van der Waals surface area (Å²) in [5.41, 5.74) is 6.25. The minimum absolute atomic E-state index is 0.0669. The molecule has 2 heterocycles. The number of aromatic nitrogens is 1. The van der Waals surface area contributed by atoms with E-state index in [2.05, 4.69) is 18.8 Å². The second-order valence-corrected chi connectivity index (χ2v) is 6.31. The van der Waals surface area contributed by atoms with Crippen molar-refractivity contribution in [3.8, 4) is 0 Å². The van der Waals surface area contributed by atoms with Crippen LogP contribution in [0.1, 0.15) is 35.8 Å². The van der Waals surface area contributed by atoms with Crippen molar-refractivity contribution in [1.82, 2.24) is 9.88 Å². The highest BCUT2D eigenvalue weighted by Crippen LogP contribution is 2.20. The Hall–Kier alpha value is -0.940. The predicted molar refractivity (Wildman–Crippen MR) is 73.7 cm³/mol. The van der Waals surface area contributed by atoms with Crippen LogP contribution in [0.3, 0.4) is 0 Å². The zero-order chi connectivity index (χ0) is 13.1. The first-order chi connectivity index (χ1) is 8.60. The molecule has 1 fully saturated rings. The van der Waals surface area contributed by atoms with E-state index in [1.54, 1.807) is 11.3 Å². The van der Waals surface area contributed by atoms with E-state index in [0.717, 1.165) is 30.9 Å². The molecule has 18 heavy (non-hydrogen) atoms. The van der Waals surface area contributed by atoms with Gasteiger partial charge in [0.1, 0.15) is 5.69 Å². The van der Waals surface area contributed by atoms with E-state index in [9.17, 15) is 4.79 Å². The van der Waals surface area contributed by atoms with Gasteiger partial charge < -0.3 is 10.6 Å². The van der Waals surface area contributed by atoms with Gasteiger partial charge in [-0.2, -0.15) is 0 Å². The first kappa shape index (κ1) is 13.5. The molecule has 4 nitrogen and oxygen atoms in total. The van der Waals surface area contributed by atoms with E-state index in [0.29, 0.717) is 24.1 Å². The third-order valence-corrected chi connectivity index (χ3v) is 4.13. The van der Waals surface area contributed by atoms with Crippen molar-refractivity contribution in [2.45, 2.75) is 26.7 Å². The Morgan fingerprint density at radius 1 is 1.67 bits per heavy atom. The Morgan fingerprint density at radius 2 is 2.44 bits per heavy atom. The van der Waals surface area contributed by atoms with E-state index in [1.165, 1.54) is 0 Å². The van der Waals surface area contributed by atoms with Gasteiger partial charge in [0.25, 0.3) is 5.91 Å². The summed E-state index contributed by atoms with van der Waals surface area (Å²) in [6.45, 7) is 6.59. The van der Waals surface area contributed by atoms with E-state index < -0.39 is 0 Å². The molecule has 1 aromatic heterocycles. The zero-order valence-corrected chi connectivity index (χ0v) is 11.9. The van der Waals surface area contributed by atoms with Crippen LogP contribution in [-0.2, 0) is 6.42 Å². The molecule has 2 N–H and O–H groups in total. The molecule has 0 aromatic carbocycles. The maximum atomic E-state index is 12.2. The molecule has 1 atom stereocenters. The fraction of sp³-hybridized carbons (Fsp3) is 0.692. The van der Waals surface area contributed by atoms with Crippen LogP contribution in [0, 0.1) is 11.8 Å². The van der Waals surface area contributed by atoms with Crippen LogP contribution in [0.4, 0.5) is 0 Å². The topological polar surface area (TPSA) is 59.2 Å². The summed E-state index contributed by atoms with van der Waals surface area (Å²) in [5, 5.41) is 2.94. The van der Waals surface area contributed by atoms with E-state index in [4.69, 9.17) is 5.73 Å². The Kier molecular flexibility index (Phi) is 4.35. The van der Waals surface area contributed by atoms with E-state index >= 15 is 0 Å². The zero-order valence-electron chi connectivity index (χ0n) is 11.1. The molecule has 2 rings (SSSR count). The monoisotopic (exact) mass is 267 g/mol. The molecule has 0 bridgehead atoms. The van der Waals surface area contributed by atoms with Crippen LogP contribution < -0.4 is 5.73 Å². The second-order valence-electron chi connectivity index (χ2n) is 5.37. The smallest absolute Gasteiger partial charge is 0.273 e. The minimum atomic E-state index is 0.0669. The van der Waals surface area contributed by atoms with Gasteiger partial charge in [0.2, 0.25) is 0 Å². The SMILES string of the molecule is CC(C)Cc1nc(C(=O)N2CCC(CN)C2)cs1. The number of hydrogen-bond donors (Lipinski definition) is 1. The minimum Gasteiger partial charge on any atom is -0.337 e. The van der Waals surface area contributed by atoms with Crippen LogP contribution in [0.15, 0.2) is 5.38 Å². The highest BCUT2D eigenvalue weighted by Gasteiger charge is 2.27. The molecule has 1 aromatic rings. The van der Waals surface area contributed by atoms with Gasteiger partial charge in [0.05, 0.1) is 5.01 Å². The van der Waals surface area contributed by atoms with Gasteiger partial charge in [0, 0.05) is 24.9 Å². The first-order valence-electron chi connectivity index (χ1n) is 6.54. The van der Waals surface area contributed by atoms with Crippen LogP contribution in [-0.4, -0.2) is 35.4 Å². The van der Waals surface area contributed by atoms with Crippen molar-refractivity contribution in [3.63, 3.8) is 0 Å². The highest BCUT2D eigenvalue weighted by molar-refractivity contribution is 7.09. The number of hydrogen-bond acceptors (Lipinski definition) is 4. The summed E-state index contributed by atoms with van der Waals surface area (Å²) in [4.78, 5) is 18.6. The van der Waals surface area contributed by atoms with Crippen LogP contribution in [0.5, 0.6) is 0 Å². The lowest BCUT2D eigenvalue weighted by molar-refractivity contribution is 0.0782. The average molecular weight is 267 g/mol. The normalized spacial score (nSPS) is 19.8. The lowest BCUT2D eigenvalue weighted by Crippen LogP contribution is -2.30. The molecule has 1 saturated heterocycles. The van der Waals surface area contributed by atoms with Gasteiger partial charge in [-0.3, -0.25) is 4.79 Å².